The summed E-state index contributed by atoms with van der Waals surface area (Å²) in [6, 6.07) is 11.7. The number of amides is 1. The maximum Gasteiger partial charge on any atom is 0.291 e. The molecule has 2 aromatic carbocycles. The zero-order valence-electron chi connectivity index (χ0n) is 19.2. The quantitative estimate of drug-likeness (QED) is 0.124. The molecule has 3 aromatic rings. The van der Waals surface area contributed by atoms with Crippen LogP contribution in [0.3, 0.4) is 0 Å². The van der Waals surface area contributed by atoms with Crippen molar-refractivity contribution >= 4 is 28.1 Å². The molecule has 12 N–H and O–H groups in total. The number of aromatic nitrogens is 1. The lowest BCUT2D eigenvalue weighted by Gasteiger charge is -2.41. The zero-order chi connectivity index (χ0) is 27.6. The number of nitrogens with two attached hydrogens (primary N) is 1. The number of carbonyl (C=O) groups is 1. The second kappa shape index (κ2) is 10.4. The highest BCUT2D eigenvalue weighted by molar-refractivity contribution is 7.13. The Hall–Kier alpha value is -3.06. The van der Waals surface area contributed by atoms with Crippen molar-refractivity contribution in [3.05, 3.63) is 76.8 Å². The van der Waals surface area contributed by atoms with Crippen LogP contribution >= 0.6 is 11.3 Å². The van der Waals surface area contributed by atoms with E-state index in [0.29, 0.717) is 0 Å². The van der Waals surface area contributed by atoms with E-state index in [1.54, 1.807) is 23.5 Å². The van der Waals surface area contributed by atoms with Crippen LogP contribution in [0.1, 0.15) is 22.9 Å². The fraction of sp³-hybridized carbons (Fsp3) is 0.273. The van der Waals surface area contributed by atoms with Gasteiger partial charge in [-0.1, -0.05) is 42.5 Å². The summed E-state index contributed by atoms with van der Waals surface area (Å²) >= 11 is 0.882. The number of hydrogen-bond acceptors (Lipinski definition) is 14. The van der Waals surface area contributed by atoms with Crippen LogP contribution in [0, 0.1) is 0 Å². The molecule has 0 saturated carbocycles. The third-order valence-corrected chi connectivity index (χ3v) is 5.96. The number of methoxy groups -OCH3 is 1. The second-order valence-electron chi connectivity index (χ2n) is 8.00. The molecule has 37 heavy (non-hydrogen) atoms. The number of hydrogen-bond donors (Lipinski definition) is 11. The predicted octanol–water partition coefficient (Wildman–Crippen LogP) is -2.11. The van der Waals surface area contributed by atoms with E-state index in [0.717, 1.165) is 42.7 Å². The van der Waals surface area contributed by atoms with Gasteiger partial charge in [0.2, 0.25) is 0 Å². The summed E-state index contributed by atoms with van der Waals surface area (Å²) in [5.41, 5.74) is 4.61. The van der Waals surface area contributed by atoms with Crippen LogP contribution < -0.4 is 16.4 Å². The minimum atomic E-state index is -3.76. The van der Waals surface area contributed by atoms with Crippen molar-refractivity contribution < 1.29 is 50.4 Å². The maximum absolute atomic E-state index is 12.3. The van der Waals surface area contributed by atoms with Crippen molar-refractivity contribution in [2.24, 2.45) is 0 Å². The average molecular weight is 539 g/mol. The number of rotatable bonds is 10. The Balaban J connectivity index is 1.77. The van der Waals surface area contributed by atoms with Crippen molar-refractivity contribution in [1.29, 1.82) is 0 Å². The van der Waals surface area contributed by atoms with Crippen LogP contribution in [-0.4, -0.2) is 70.7 Å². The second-order valence-corrected chi connectivity index (χ2v) is 8.89. The lowest BCUT2D eigenvalue weighted by molar-refractivity contribution is -0.416. The van der Waals surface area contributed by atoms with Crippen LogP contribution in [0.2, 0.25) is 0 Å². The first-order valence-electron chi connectivity index (χ1n) is 10.4. The summed E-state index contributed by atoms with van der Waals surface area (Å²) in [6.45, 7) is 0. The van der Waals surface area contributed by atoms with Crippen LogP contribution in [0.5, 0.6) is 0 Å². The van der Waals surface area contributed by atoms with E-state index >= 15 is 0 Å². The molecule has 200 valence electrons. The zero-order valence-corrected chi connectivity index (χ0v) is 20.0. The summed E-state index contributed by atoms with van der Waals surface area (Å²) in [5.74, 6) is -14.8. The fourth-order valence-corrected chi connectivity index (χ4v) is 3.94. The molecule has 0 aliphatic rings. The Morgan fingerprint density at radius 1 is 0.973 bits per heavy atom. The monoisotopic (exact) mass is 538 g/mol. The molecule has 1 aromatic heterocycles. The van der Waals surface area contributed by atoms with Crippen LogP contribution in [0.15, 0.2) is 60.0 Å². The molecule has 15 heteroatoms. The topological polar surface area (TPSA) is 251 Å². The Morgan fingerprint density at radius 2 is 1.57 bits per heavy atom. The SMILES string of the molecule is COC(c1ccccc1)C(O)(O)NC(O)(O)C(O)(O)c1ccc(NC(=O)C(O)(O)c2csc(N)n2)cc1. The average Bonchev–Trinajstić information content (AvgIpc) is 3.26. The van der Waals surface area contributed by atoms with E-state index in [4.69, 9.17) is 10.5 Å². The third-order valence-electron chi connectivity index (χ3n) is 5.29. The summed E-state index contributed by atoms with van der Waals surface area (Å²) in [5, 5.41) is 87.8. The Bertz CT molecular complexity index is 1220. The van der Waals surface area contributed by atoms with E-state index in [1.165, 1.54) is 17.5 Å². The van der Waals surface area contributed by atoms with Gasteiger partial charge in [-0.3, -0.25) is 4.79 Å². The molecule has 0 bridgehead atoms. The van der Waals surface area contributed by atoms with Crippen LogP contribution in [0.25, 0.3) is 0 Å². The number of aliphatic hydroxyl groups is 8. The van der Waals surface area contributed by atoms with Crippen molar-refractivity contribution in [1.82, 2.24) is 10.3 Å². The highest BCUT2D eigenvalue weighted by Gasteiger charge is 2.55. The minimum Gasteiger partial charge on any atom is -0.375 e. The van der Waals surface area contributed by atoms with Crippen molar-refractivity contribution in [3.8, 4) is 0 Å². The lowest BCUT2D eigenvalue weighted by atomic mass is 10.00. The van der Waals surface area contributed by atoms with E-state index in [-0.39, 0.29) is 16.4 Å². The van der Waals surface area contributed by atoms with Gasteiger partial charge >= 0.3 is 0 Å². The van der Waals surface area contributed by atoms with Crippen LogP contribution in [0.4, 0.5) is 10.8 Å². The number of thiazole rings is 1. The highest BCUT2D eigenvalue weighted by Crippen LogP contribution is 2.33. The first-order chi connectivity index (χ1) is 17.1. The molecule has 0 radical (unpaired) electrons. The van der Waals surface area contributed by atoms with Crippen molar-refractivity contribution in [3.63, 3.8) is 0 Å². The summed E-state index contributed by atoms with van der Waals surface area (Å²) < 4.78 is 5.04. The first kappa shape index (κ1) is 28.5. The molecule has 0 aliphatic heterocycles. The standard InChI is InChI=1S/C22H26N4O10S/c1-36-16(12-5-3-2-4-6-12)21(32,33)26-22(34,35)20(30,31)13-7-9-14(10-8-13)24-17(27)19(28,29)15-11-37-18(23)25-15/h2-11,16,26,28-35H,1H3,(H2,23,25)(H,24,27). The van der Waals surface area contributed by atoms with Crippen LogP contribution in [-0.2, 0) is 21.1 Å². The van der Waals surface area contributed by atoms with E-state index in [2.05, 4.69) is 10.3 Å². The van der Waals surface area contributed by atoms with Gasteiger partial charge < -0.3 is 56.6 Å². The Morgan fingerprint density at radius 3 is 2.08 bits per heavy atom. The molecule has 3 rings (SSSR count). The first-order valence-corrected chi connectivity index (χ1v) is 11.3. The van der Waals surface area contributed by atoms with Gasteiger partial charge in [-0.15, -0.1) is 11.3 Å². The number of nitrogen functional groups attached to an aromatic ring is 1. The Labute approximate surface area is 213 Å². The number of ether oxygens (including phenoxy) is 1. The molecule has 1 unspecified atom stereocenters. The normalized spacial score (nSPS) is 13.9. The highest BCUT2D eigenvalue weighted by atomic mass is 32.1. The number of benzene rings is 2. The van der Waals surface area contributed by atoms with Gasteiger partial charge in [-0.2, -0.15) is 0 Å². The molecule has 0 aliphatic carbocycles. The van der Waals surface area contributed by atoms with E-state index in [1.807, 2.05) is 0 Å². The number of carbonyl (C=O) groups excluding carboxylic acids is 1. The minimum absolute atomic E-state index is 0.00215. The van der Waals surface area contributed by atoms with Gasteiger partial charge in [-0.25, -0.2) is 10.3 Å². The molecule has 1 heterocycles. The Kier molecular flexibility index (Phi) is 7.99. The summed E-state index contributed by atoms with van der Waals surface area (Å²) in [7, 11) is 1.12. The van der Waals surface area contributed by atoms with Crippen molar-refractivity contribution in [2.75, 3.05) is 18.2 Å². The molecule has 0 saturated heterocycles. The van der Waals surface area contributed by atoms with E-state index < -0.39 is 46.7 Å². The third kappa shape index (κ3) is 5.93. The molecule has 0 spiro atoms. The predicted molar refractivity (Wildman–Crippen MR) is 127 cm³/mol. The smallest absolute Gasteiger partial charge is 0.291 e. The number of nitrogens with one attached hydrogen (secondary N) is 2. The van der Waals surface area contributed by atoms with Gasteiger partial charge in [0.15, 0.2) is 11.2 Å². The van der Waals surface area contributed by atoms with Gasteiger partial charge in [0.25, 0.3) is 29.3 Å². The molecule has 14 nitrogen and oxygen atoms in total. The van der Waals surface area contributed by atoms with E-state index in [9.17, 15) is 45.6 Å². The van der Waals surface area contributed by atoms with Gasteiger partial charge in [0, 0.05) is 23.7 Å². The summed E-state index contributed by atoms with van der Waals surface area (Å²) in [6.07, 6.45) is -1.59. The lowest BCUT2D eigenvalue weighted by Crippen LogP contribution is -2.69. The molecule has 1 atom stereocenters. The van der Waals surface area contributed by atoms with Crippen molar-refractivity contribution in [2.45, 2.75) is 29.5 Å². The number of anilines is 2. The molecule has 0 fully saturated rings. The molecular formula is C22H26N4O10S. The maximum atomic E-state index is 12.3. The largest absolute Gasteiger partial charge is 0.375 e. The van der Waals surface area contributed by atoms with Gasteiger partial charge in [0.05, 0.1) is 0 Å². The molecular weight excluding hydrogens is 512 g/mol. The fourth-order valence-electron chi connectivity index (χ4n) is 3.34. The van der Waals surface area contributed by atoms with Gasteiger partial charge in [0.1, 0.15) is 5.69 Å². The molecule has 1 amide bonds. The number of nitrogens with zero attached hydrogens (tertiary/aromatic N) is 1. The summed E-state index contributed by atoms with van der Waals surface area (Å²) in [4.78, 5) is 15.9. The van der Waals surface area contributed by atoms with Gasteiger partial charge in [-0.05, 0) is 17.7 Å².